The van der Waals surface area contributed by atoms with Crippen LogP contribution in [0.25, 0.3) is 0 Å². The first-order valence-corrected chi connectivity index (χ1v) is 11.8. The first-order valence-electron chi connectivity index (χ1n) is 9.56. The molecule has 1 atom stereocenters. The number of rotatable bonds is 13. The lowest BCUT2D eigenvalue weighted by molar-refractivity contribution is -0.107. The maximum absolute atomic E-state index is 10.5. The third-order valence-electron chi connectivity index (χ3n) is 4.37. The summed E-state index contributed by atoms with van der Waals surface area (Å²) in [7, 11) is 0. The average molecular weight is 387 g/mol. The monoisotopic (exact) mass is 386 g/mol. The van der Waals surface area contributed by atoms with Gasteiger partial charge in [-0.25, -0.2) is 0 Å². The second-order valence-corrected chi connectivity index (χ2v) is 8.95. The van der Waals surface area contributed by atoms with Crippen molar-refractivity contribution in [3.05, 3.63) is 71.8 Å². The lowest BCUT2D eigenvalue weighted by Crippen LogP contribution is -2.07. The molecule has 140 valence electrons. The van der Waals surface area contributed by atoms with E-state index in [0.29, 0.717) is 11.7 Å². The number of allylic oxidation sites excluding steroid dienone is 5. The van der Waals surface area contributed by atoms with Crippen molar-refractivity contribution in [1.82, 2.24) is 0 Å². The largest absolute Gasteiger partial charge is 0.303 e. The van der Waals surface area contributed by atoms with Crippen molar-refractivity contribution in [2.24, 2.45) is 0 Å². The van der Waals surface area contributed by atoms with Gasteiger partial charge in [-0.15, -0.1) is 0 Å². The fraction of sp³-hybridized carbons (Fsp3) is 0.435. The molecule has 26 heavy (non-hydrogen) atoms. The second kappa shape index (κ2) is 13.9. The number of aldehydes is 1. The van der Waals surface area contributed by atoms with Crippen molar-refractivity contribution in [2.75, 3.05) is 11.5 Å². The Morgan fingerprint density at radius 3 is 2.73 bits per heavy atom. The van der Waals surface area contributed by atoms with Crippen molar-refractivity contribution in [3.8, 4) is 0 Å². The summed E-state index contributed by atoms with van der Waals surface area (Å²) in [5.41, 5.74) is 2.92. The summed E-state index contributed by atoms with van der Waals surface area (Å²) in [6.45, 7) is 0. The molecule has 0 saturated carbocycles. The van der Waals surface area contributed by atoms with Crippen LogP contribution >= 0.6 is 23.5 Å². The van der Waals surface area contributed by atoms with E-state index in [2.05, 4.69) is 72.5 Å². The van der Waals surface area contributed by atoms with Crippen molar-refractivity contribution in [1.29, 1.82) is 0 Å². The minimum atomic E-state index is 0.696. The molecule has 3 heteroatoms. The number of thioether (sulfide) groups is 2. The van der Waals surface area contributed by atoms with E-state index in [1.807, 2.05) is 11.8 Å². The highest BCUT2D eigenvalue weighted by molar-refractivity contribution is 8.00. The van der Waals surface area contributed by atoms with Gasteiger partial charge in [-0.1, -0.05) is 72.7 Å². The molecule has 0 heterocycles. The predicted octanol–water partition coefficient (Wildman–Crippen LogP) is 6.61. The van der Waals surface area contributed by atoms with Gasteiger partial charge < -0.3 is 4.79 Å². The summed E-state index contributed by atoms with van der Waals surface area (Å²) in [6, 6.07) is 10.7. The summed E-state index contributed by atoms with van der Waals surface area (Å²) >= 11 is 4.14. The molecule has 1 aromatic carbocycles. The standard InChI is InChI=1S/C23H30OS2/c24-17-10-4-9-15-23(26-20-22-13-5-1-2-6-14-22)16-18-25-19-21-11-7-3-8-12-21/h1-3,5-8,11-13,17,23H,4,9-10,14-16,18-20H2/t23-/m1/s1. The van der Waals surface area contributed by atoms with Crippen LogP contribution in [0.4, 0.5) is 0 Å². The molecule has 0 N–H and O–H groups in total. The van der Waals surface area contributed by atoms with E-state index < -0.39 is 0 Å². The number of unbranched alkanes of at least 4 members (excludes halogenated alkanes) is 2. The first kappa shape index (κ1) is 21.1. The van der Waals surface area contributed by atoms with E-state index in [-0.39, 0.29) is 0 Å². The Morgan fingerprint density at radius 1 is 1.00 bits per heavy atom. The van der Waals surface area contributed by atoms with E-state index in [1.54, 1.807) is 0 Å². The number of hydrogen-bond donors (Lipinski definition) is 0. The Hall–Kier alpha value is -1.19. The molecule has 1 nitrogen and oxygen atoms in total. The third-order valence-corrected chi connectivity index (χ3v) is 6.91. The Bertz CT molecular complexity index is 589. The number of benzene rings is 1. The second-order valence-electron chi connectivity index (χ2n) is 6.55. The van der Waals surface area contributed by atoms with Gasteiger partial charge in [0.15, 0.2) is 0 Å². The van der Waals surface area contributed by atoms with Crippen LogP contribution in [0.1, 0.15) is 44.1 Å². The molecule has 0 amide bonds. The highest BCUT2D eigenvalue weighted by Gasteiger charge is 2.10. The minimum Gasteiger partial charge on any atom is -0.303 e. The highest BCUT2D eigenvalue weighted by atomic mass is 32.2. The van der Waals surface area contributed by atoms with Crippen LogP contribution in [0.3, 0.4) is 0 Å². The summed E-state index contributed by atoms with van der Waals surface area (Å²) in [6.07, 6.45) is 18.4. The van der Waals surface area contributed by atoms with Crippen LogP contribution in [-0.2, 0) is 10.5 Å². The van der Waals surface area contributed by atoms with Gasteiger partial charge in [-0.2, -0.15) is 23.5 Å². The number of carbonyl (C=O) groups excluding carboxylic acids is 1. The predicted molar refractivity (Wildman–Crippen MR) is 119 cm³/mol. The maximum atomic E-state index is 10.5. The molecule has 0 radical (unpaired) electrons. The van der Waals surface area contributed by atoms with Crippen LogP contribution in [0.5, 0.6) is 0 Å². The van der Waals surface area contributed by atoms with E-state index >= 15 is 0 Å². The molecule has 0 fully saturated rings. The summed E-state index contributed by atoms with van der Waals surface area (Å²) in [5.74, 6) is 3.43. The molecule has 1 aliphatic carbocycles. The van der Waals surface area contributed by atoms with Crippen molar-refractivity contribution in [2.45, 2.75) is 49.5 Å². The zero-order chi connectivity index (χ0) is 18.3. The molecule has 0 saturated heterocycles. The van der Waals surface area contributed by atoms with Crippen LogP contribution in [-0.4, -0.2) is 23.0 Å². The molecule has 0 spiro atoms. The zero-order valence-electron chi connectivity index (χ0n) is 15.5. The SMILES string of the molecule is O=CCCCC[C@H](CCSCc1ccccc1)SCC1=CC=CC=CC1. The lowest BCUT2D eigenvalue weighted by Gasteiger charge is -2.17. The van der Waals surface area contributed by atoms with Crippen LogP contribution in [0.15, 0.2) is 66.3 Å². The third kappa shape index (κ3) is 9.49. The Kier molecular flexibility index (Phi) is 11.3. The average Bonchev–Trinajstić information content (AvgIpc) is 2.95. The van der Waals surface area contributed by atoms with Gasteiger partial charge in [0.1, 0.15) is 6.29 Å². The number of carbonyl (C=O) groups is 1. The quantitative estimate of drug-likeness (QED) is 0.280. The Balaban J connectivity index is 1.72. The molecule has 1 aliphatic rings. The van der Waals surface area contributed by atoms with Crippen molar-refractivity contribution < 1.29 is 4.79 Å². The van der Waals surface area contributed by atoms with Gasteiger partial charge in [-0.3, -0.25) is 0 Å². The topological polar surface area (TPSA) is 17.1 Å². The molecule has 0 aromatic heterocycles. The zero-order valence-corrected chi connectivity index (χ0v) is 17.1. The van der Waals surface area contributed by atoms with Gasteiger partial charge in [0.25, 0.3) is 0 Å². The minimum absolute atomic E-state index is 0.696. The molecule has 0 unspecified atom stereocenters. The molecule has 1 aromatic rings. The maximum Gasteiger partial charge on any atom is 0.119 e. The normalized spacial score (nSPS) is 14.7. The number of hydrogen-bond acceptors (Lipinski definition) is 3. The lowest BCUT2D eigenvalue weighted by atomic mass is 10.1. The van der Waals surface area contributed by atoms with E-state index in [9.17, 15) is 4.79 Å². The first-order chi connectivity index (χ1) is 12.9. The fourth-order valence-electron chi connectivity index (χ4n) is 2.84. The fourth-order valence-corrected chi connectivity index (χ4v) is 5.30. The van der Waals surface area contributed by atoms with Crippen molar-refractivity contribution >= 4 is 29.8 Å². The molecule has 0 bridgehead atoms. The van der Waals surface area contributed by atoms with Crippen LogP contribution in [0.2, 0.25) is 0 Å². The van der Waals surface area contributed by atoms with Gasteiger partial charge in [0, 0.05) is 23.2 Å². The Morgan fingerprint density at radius 2 is 1.88 bits per heavy atom. The van der Waals surface area contributed by atoms with Crippen LogP contribution in [0, 0.1) is 0 Å². The van der Waals surface area contributed by atoms with Gasteiger partial charge >= 0.3 is 0 Å². The molecule has 0 aliphatic heterocycles. The summed E-state index contributed by atoms with van der Waals surface area (Å²) < 4.78 is 0. The van der Waals surface area contributed by atoms with Gasteiger partial charge in [0.05, 0.1) is 0 Å². The molecular weight excluding hydrogens is 356 g/mol. The van der Waals surface area contributed by atoms with Gasteiger partial charge in [-0.05, 0) is 37.0 Å². The summed E-state index contributed by atoms with van der Waals surface area (Å²) in [4.78, 5) is 10.5. The highest BCUT2D eigenvalue weighted by Crippen LogP contribution is 2.27. The molecule has 2 rings (SSSR count). The van der Waals surface area contributed by atoms with E-state index in [0.717, 1.165) is 30.6 Å². The summed E-state index contributed by atoms with van der Waals surface area (Å²) in [5, 5.41) is 0.696. The Labute approximate surface area is 167 Å². The van der Waals surface area contributed by atoms with E-state index in [1.165, 1.54) is 36.2 Å². The van der Waals surface area contributed by atoms with Crippen LogP contribution < -0.4 is 0 Å². The molecular formula is C23H30OS2. The van der Waals surface area contributed by atoms with Crippen molar-refractivity contribution in [3.63, 3.8) is 0 Å². The van der Waals surface area contributed by atoms with E-state index in [4.69, 9.17) is 0 Å². The van der Waals surface area contributed by atoms with Gasteiger partial charge in [0.2, 0.25) is 0 Å². The smallest absolute Gasteiger partial charge is 0.119 e.